The van der Waals surface area contributed by atoms with Crippen LogP contribution in [0.2, 0.25) is 0 Å². The Bertz CT molecular complexity index is 943. The van der Waals surface area contributed by atoms with Crippen molar-refractivity contribution in [2.75, 3.05) is 20.3 Å². The van der Waals surface area contributed by atoms with E-state index in [1.807, 2.05) is 10.7 Å². The molecular weight excluding hydrogens is 348 g/mol. The highest BCUT2D eigenvalue weighted by molar-refractivity contribution is 7.12. The normalized spacial score (nSPS) is 11.5. The number of aryl methyl sites for hydroxylation is 2. The molecule has 0 aliphatic heterocycles. The third kappa shape index (κ3) is 3.50. The van der Waals surface area contributed by atoms with Gasteiger partial charge in [0.1, 0.15) is 0 Å². The zero-order chi connectivity index (χ0) is 18.8. The molecule has 3 aromatic rings. The van der Waals surface area contributed by atoms with Gasteiger partial charge in [-0.25, -0.2) is 9.67 Å². The van der Waals surface area contributed by atoms with E-state index in [-0.39, 0.29) is 11.9 Å². The number of carbonyl (C=O) groups excluding carboxylic acids is 1. The van der Waals surface area contributed by atoms with Crippen LogP contribution in [0.3, 0.4) is 0 Å². The first-order chi connectivity index (χ1) is 12.4. The van der Waals surface area contributed by atoms with Crippen molar-refractivity contribution in [1.82, 2.24) is 20.1 Å². The van der Waals surface area contributed by atoms with Crippen LogP contribution in [-0.2, 0) is 4.74 Å². The lowest BCUT2D eigenvalue weighted by molar-refractivity contribution is 0.0938. The standard InChI is InChI=1S/C19H24N4O2S/c1-11(2)23-18-16(10-21-23)15(19(24)20-6-7-25-5)9-17(22-18)14-8-12(3)26-13(14)4/h8-11H,6-7H2,1-5H3,(H,20,24). The predicted molar refractivity (Wildman–Crippen MR) is 105 cm³/mol. The highest BCUT2D eigenvalue weighted by Crippen LogP contribution is 2.32. The zero-order valence-electron chi connectivity index (χ0n) is 15.8. The van der Waals surface area contributed by atoms with Crippen molar-refractivity contribution < 1.29 is 9.53 Å². The minimum absolute atomic E-state index is 0.136. The van der Waals surface area contributed by atoms with Crippen molar-refractivity contribution in [3.8, 4) is 11.3 Å². The number of fused-ring (bicyclic) bond motifs is 1. The number of hydrogen-bond acceptors (Lipinski definition) is 5. The number of thiophene rings is 1. The molecule has 0 saturated heterocycles. The molecule has 0 saturated carbocycles. The van der Waals surface area contributed by atoms with Crippen molar-refractivity contribution in [1.29, 1.82) is 0 Å². The van der Waals surface area contributed by atoms with Crippen LogP contribution in [0.25, 0.3) is 22.3 Å². The number of nitrogens with one attached hydrogen (secondary N) is 1. The van der Waals surface area contributed by atoms with Gasteiger partial charge in [0.25, 0.3) is 5.91 Å². The molecule has 3 heterocycles. The van der Waals surface area contributed by atoms with E-state index in [1.54, 1.807) is 24.6 Å². The SMILES string of the molecule is COCCNC(=O)c1cc(-c2cc(C)sc2C)nc2c1cnn2C(C)C. The molecule has 26 heavy (non-hydrogen) atoms. The number of ether oxygens (including phenoxy) is 1. The van der Waals surface area contributed by atoms with Crippen LogP contribution in [0.5, 0.6) is 0 Å². The summed E-state index contributed by atoms with van der Waals surface area (Å²) in [6.45, 7) is 9.20. The average Bonchev–Trinajstić information content (AvgIpc) is 3.16. The number of hydrogen-bond donors (Lipinski definition) is 1. The summed E-state index contributed by atoms with van der Waals surface area (Å²) in [5.41, 5.74) is 3.20. The largest absolute Gasteiger partial charge is 0.383 e. The molecule has 3 aromatic heterocycles. The van der Waals surface area contributed by atoms with Crippen LogP contribution >= 0.6 is 11.3 Å². The smallest absolute Gasteiger partial charge is 0.252 e. The van der Waals surface area contributed by atoms with Crippen molar-refractivity contribution >= 4 is 28.3 Å². The number of nitrogens with zero attached hydrogens (tertiary/aromatic N) is 3. The van der Waals surface area contributed by atoms with E-state index in [1.165, 1.54) is 9.75 Å². The minimum atomic E-state index is -0.136. The molecule has 0 aromatic carbocycles. The molecule has 1 N–H and O–H groups in total. The Morgan fingerprint density at radius 1 is 1.35 bits per heavy atom. The molecule has 0 fully saturated rings. The number of rotatable bonds is 6. The van der Waals surface area contributed by atoms with Gasteiger partial charge < -0.3 is 10.1 Å². The van der Waals surface area contributed by atoms with Crippen molar-refractivity contribution in [2.45, 2.75) is 33.7 Å². The van der Waals surface area contributed by atoms with Gasteiger partial charge in [-0.15, -0.1) is 11.3 Å². The molecule has 3 rings (SSSR count). The molecule has 0 aliphatic carbocycles. The third-order valence-corrected chi connectivity index (χ3v) is 5.18. The van der Waals surface area contributed by atoms with Crippen LogP contribution in [0.15, 0.2) is 18.3 Å². The number of methoxy groups -OCH3 is 1. The van der Waals surface area contributed by atoms with Crippen LogP contribution in [0.1, 0.15) is 40.0 Å². The molecule has 0 aliphatic rings. The summed E-state index contributed by atoms with van der Waals surface area (Å²) in [6, 6.07) is 4.15. The van der Waals surface area contributed by atoms with E-state index < -0.39 is 0 Å². The minimum Gasteiger partial charge on any atom is -0.383 e. The predicted octanol–water partition coefficient (Wildman–Crippen LogP) is 3.73. The average molecular weight is 372 g/mol. The van der Waals surface area contributed by atoms with E-state index in [9.17, 15) is 4.79 Å². The van der Waals surface area contributed by atoms with Crippen LogP contribution in [0.4, 0.5) is 0 Å². The Balaban J connectivity index is 2.15. The quantitative estimate of drug-likeness (QED) is 0.669. The molecule has 0 atom stereocenters. The summed E-state index contributed by atoms with van der Waals surface area (Å²) in [4.78, 5) is 20.0. The Morgan fingerprint density at radius 3 is 2.73 bits per heavy atom. The molecule has 0 bridgehead atoms. The van der Waals surface area contributed by atoms with E-state index in [4.69, 9.17) is 9.72 Å². The van der Waals surface area contributed by atoms with Gasteiger partial charge in [0.15, 0.2) is 5.65 Å². The highest BCUT2D eigenvalue weighted by Gasteiger charge is 2.19. The lowest BCUT2D eigenvalue weighted by Gasteiger charge is -2.11. The Hall–Kier alpha value is -2.25. The Labute approximate surface area is 157 Å². The van der Waals surface area contributed by atoms with Gasteiger partial charge >= 0.3 is 0 Å². The lowest BCUT2D eigenvalue weighted by atomic mass is 10.1. The summed E-state index contributed by atoms with van der Waals surface area (Å²) in [5, 5.41) is 8.12. The molecule has 0 radical (unpaired) electrons. The first kappa shape index (κ1) is 18.5. The molecule has 0 unspecified atom stereocenters. The number of carbonyl (C=O) groups is 1. The molecule has 7 heteroatoms. The first-order valence-corrected chi connectivity index (χ1v) is 9.46. The fourth-order valence-corrected chi connectivity index (χ4v) is 3.90. The second kappa shape index (κ2) is 7.55. The topological polar surface area (TPSA) is 69.0 Å². The summed E-state index contributed by atoms with van der Waals surface area (Å²) in [7, 11) is 1.61. The monoisotopic (exact) mass is 372 g/mol. The maximum absolute atomic E-state index is 12.8. The van der Waals surface area contributed by atoms with E-state index >= 15 is 0 Å². The molecule has 0 spiro atoms. The van der Waals surface area contributed by atoms with Crippen molar-refractivity contribution in [2.24, 2.45) is 0 Å². The van der Waals surface area contributed by atoms with E-state index in [0.29, 0.717) is 18.7 Å². The summed E-state index contributed by atoms with van der Waals surface area (Å²) >= 11 is 1.73. The summed E-state index contributed by atoms with van der Waals surface area (Å²) in [6.07, 6.45) is 1.73. The molecule has 6 nitrogen and oxygen atoms in total. The van der Waals surface area contributed by atoms with E-state index in [2.05, 4.69) is 44.2 Å². The summed E-state index contributed by atoms with van der Waals surface area (Å²) < 4.78 is 6.88. The van der Waals surface area contributed by atoms with Crippen molar-refractivity contribution in [3.05, 3.63) is 33.6 Å². The second-order valence-corrected chi connectivity index (χ2v) is 8.01. The zero-order valence-corrected chi connectivity index (χ0v) is 16.6. The van der Waals surface area contributed by atoms with Crippen LogP contribution in [-0.4, -0.2) is 40.9 Å². The fraction of sp³-hybridized carbons (Fsp3) is 0.421. The van der Waals surface area contributed by atoms with E-state index in [0.717, 1.165) is 22.3 Å². The van der Waals surface area contributed by atoms with Gasteiger partial charge in [0.2, 0.25) is 0 Å². The third-order valence-electron chi connectivity index (χ3n) is 4.21. The highest BCUT2D eigenvalue weighted by atomic mass is 32.1. The van der Waals surface area contributed by atoms with Gasteiger partial charge in [-0.1, -0.05) is 0 Å². The Morgan fingerprint density at radius 2 is 2.12 bits per heavy atom. The maximum Gasteiger partial charge on any atom is 0.252 e. The number of amides is 1. The van der Waals surface area contributed by atoms with Gasteiger partial charge in [-0.2, -0.15) is 5.10 Å². The van der Waals surface area contributed by atoms with Gasteiger partial charge in [-0.05, 0) is 39.8 Å². The van der Waals surface area contributed by atoms with Gasteiger partial charge in [0, 0.05) is 35.0 Å². The number of aromatic nitrogens is 3. The van der Waals surface area contributed by atoms with Gasteiger partial charge in [0.05, 0.1) is 29.4 Å². The first-order valence-electron chi connectivity index (χ1n) is 8.65. The molecule has 1 amide bonds. The second-order valence-electron chi connectivity index (χ2n) is 6.55. The van der Waals surface area contributed by atoms with Gasteiger partial charge in [-0.3, -0.25) is 4.79 Å². The maximum atomic E-state index is 12.8. The molecule has 138 valence electrons. The summed E-state index contributed by atoms with van der Waals surface area (Å²) in [5.74, 6) is -0.136. The van der Waals surface area contributed by atoms with Crippen LogP contribution in [0, 0.1) is 13.8 Å². The fourth-order valence-electron chi connectivity index (χ4n) is 2.97. The Kier molecular flexibility index (Phi) is 5.38. The number of pyridine rings is 1. The molecular formula is C19H24N4O2S. The van der Waals surface area contributed by atoms with Crippen molar-refractivity contribution in [3.63, 3.8) is 0 Å². The van der Waals surface area contributed by atoms with Crippen LogP contribution < -0.4 is 5.32 Å². The lowest BCUT2D eigenvalue weighted by Crippen LogP contribution is -2.27.